The lowest BCUT2D eigenvalue weighted by Crippen LogP contribution is -2.39. The van der Waals surface area contributed by atoms with E-state index in [9.17, 15) is 4.79 Å². The summed E-state index contributed by atoms with van der Waals surface area (Å²) in [5.41, 5.74) is 3.33. The predicted molar refractivity (Wildman–Crippen MR) is 106 cm³/mol. The number of carbonyl (C=O) groups is 1. The molecule has 0 spiro atoms. The first-order valence-electron chi connectivity index (χ1n) is 9.41. The van der Waals surface area contributed by atoms with Crippen molar-refractivity contribution >= 4 is 5.91 Å². The van der Waals surface area contributed by atoms with Crippen molar-refractivity contribution in [1.82, 2.24) is 19.9 Å². The maximum Gasteiger partial charge on any atom is 0.274 e. The molecule has 1 saturated heterocycles. The number of hydrogen-bond donors (Lipinski definition) is 0. The molecule has 1 fully saturated rings. The maximum absolute atomic E-state index is 12.7. The standard InChI is InChI=1S/C22H22N4O2/c1-28-18-7-2-5-16(13-18)19-8-3-9-20(25-19)17-6-4-12-26(15-17)22(27)21-14-23-10-11-24-21/h2-3,5,7-11,13-14,17H,4,6,12,15H2,1H3. The minimum atomic E-state index is -0.0678. The quantitative estimate of drug-likeness (QED) is 0.698. The van der Waals surface area contributed by atoms with Gasteiger partial charge >= 0.3 is 0 Å². The van der Waals surface area contributed by atoms with Crippen molar-refractivity contribution in [2.75, 3.05) is 20.2 Å². The molecule has 1 aliphatic heterocycles. The number of methoxy groups -OCH3 is 1. The van der Waals surface area contributed by atoms with Gasteiger partial charge in [0.05, 0.1) is 19.0 Å². The number of hydrogen-bond acceptors (Lipinski definition) is 5. The van der Waals surface area contributed by atoms with E-state index >= 15 is 0 Å². The van der Waals surface area contributed by atoms with Crippen LogP contribution >= 0.6 is 0 Å². The van der Waals surface area contributed by atoms with Crippen LogP contribution in [0.1, 0.15) is 34.9 Å². The molecule has 1 unspecified atom stereocenters. The highest BCUT2D eigenvalue weighted by Crippen LogP contribution is 2.29. The Morgan fingerprint density at radius 3 is 2.89 bits per heavy atom. The second-order valence-corrected chi connectivity index (χ2v) is 6.86. The van der Waals surface area contributed by atoms with E-state index in [-0.39, 0.29) is 11.8 Å². The summed E-state index contributed by atoms with van der Waals surface area (Å²) in [5.74, 6) is 0.949. The number of carbonyl (C=O) groups excluding carboxylic acids is 1. The lowest BCUT2D eigenvalue weighted by molar-refractivity contribution is 0.0699. The largest absolute Gasteiger partial charge is 0.497 e. The van der Waals surface area contributed by atoms with Gasteiger partial charge in [0.25, 0.3) is 5.91 Å². The molecule has 28 heavy (non-hydrogen) atoms. The summed E-state index contributed by atoms with van der Waals surface area (Å²) in [4.78, 5) is 27.6. The fraction of sp³-hybridized carbons (Fsp3) is 0.273. The number of rotatable bonds is 4. The molecule has 3 aromatic rings. The highest BCUT2D eigenvalue weighted by atomic mass is 16.5. The van der Waals surface area contributed by atoms with Gasteiger partial charge in [-0.2, -0.15) is 0 Å². The Kier molecular flexibility index (Phi) is 5.28. The van der Waals surface area contributed by atoms with E-state index in [4.69, 9.17) is 9.72 Å². The molecule has 2 aromatic heterocycles. The Morgan fingerprint density at radius 2 is 2.07 bits per heavy atom. The van der Waals surface area contributed by atoms with E-state index in [1.807, 2.05) is 47.4 Å². The Morgan fingerprint density at radius 1 is 1.18 bits per heavy atom. The second-order valence-electron chi connectivity index (χ2n) is 6.86. The number of likely N-dealkylation sites (tertiary alicyclic amines) is 1. The number of aromatic nitrogens is 3. The Bertz CT molecular complexity index is 962. The predicted octanol–water partition coefficient (Wildman–Crippen LogP) is 3.57. The number of nitrogens with zero attached hydrogens (tertiary/aromatic N) is 4. The van der Waals surface area contributed by atoms with E-state index in [0.29, 0.717) is 12.2 Å². The van der Waals surface area contributed by atoms with Crippen molar-refractivity contribution in [2.45, 2.75) is 18.8 Å². The van der Waals surface area contributed by atoms with Gasteiger partial charge in [0.2, 0.25) is 0 Å². The van der Waals surface area contributed by atoms with Crippen LogP contribution in [-0.4, -0.2) is 46.0 Å². The first-order valence-corrected chi connectivity index (χ1v) is 9.41. The number of benzene rings is 1. The second kappa shape index (κ2) is 8.17. The van der Waals surface area contributed by atoms with Crippen LogP contribution in [0.3, 0.4) is 0 Å². The van der Waals surface area contributed by atoms with Gasteiger partial charge in [-0.05, 0) is 37.1 Å². The van der Waals surface area contributed by atoms with Crippen molar-refractivity contribution in [3.63, 3.8) is 0 Å². The molecule has 142 valence electrons. The van der Waals surface area contributed by atoms with Crippen molar-refractivity contribution in [3.8, 4) is 17.0 Å². The molecule has 1 atom stereocenters. The molecule has 4 rings (SSSR count). The molecular weight excluding hydrogens is 352 g/mol. The summed E-state index contributed by atoms with van der Waals surface area (Å²) in [6, 6.07) is 14.0. The van der Waals surface area contributed by atoms with Gasteiger partial charge in [0, 0.05) is 42.7 Å². The van der Waals surface area contributed by atoms with Crippen LogP contribution in [0.2, 0.25) is 0 Å². The fourth-order valence-corrected chi connectivity index (χ4v) is 3.60. The normalized spacial score (nSPS) is 16.6. The van der Waals surface area contributed by atoms with Crippen LogP contribution in [0, 0.1) is 0 Å². The molecule has 0 bridgehead atoms. The molecule has 0 saturated carbocycles. The lowest BCUT2D eigenvalue weighted by atomic mass is 9.93. The third kappa shape index (κ3) is 3.86. The van der Waals surface area contributed by atoms with Gasteiger partial charge in [0.15, 0.2) is 0 Å². The van der Waals surface area contributed by atoms with Gasteiger partial charge in [-0.3, -0.25) is 14.8 Å². The molecule has 1 amide bonds. The molecule has 3 heterocycles. The van der Waals surface area contributed by atoms with Crippen molar-refractivity contribution in [2.24, 2.45) is 0 Å². The molecule has 1 aromatic carbocycles. The van der Waals surface area contributed by atoms with Crippen molar-refractivity contribution in [1.29, 1.82) is 0 Å². The number of piperidine rings is 1. The van der Waals surface area contributed by atoms with Crippen LogP contribution in [0.15, 0.2) is 61.1 Å². The third-order valence-electron chi connectivity index (χ3n) is 5.05. The van der Waals surface area contributed by atoms with Crippen LogP contribution in [0.4, 0.5) is 0 Å². The minimum Gasteiger partial charge on any atom is -0.497 e. The zero-order valence-electron chi connectivity index (χ0n) is 15.8. The van der Waals surface area contributed by atoms with Gasteiger partial charge in [-0.15, -0.1) is 0 Å². The third-order valence-corrected chi connectivity index (χ3v) is 5.05. The molecule has 0 aliphatic carbocycles. The molecule has 6 nitrogen and oxygen atoms in total. The van der Waals surface area contributed by atoms with E-state index in [0.717, 1.165) is 42.1 Å². The monoisotopic (exact) mass is 374 g/mol. The van der Waals surface area contributed by atoms with E-state index in [1.54, 1.807) is 19.5 Å². The molecule has 0 radical (unpaired) electrons. The first kappa shape index (κ1) is 18.1. The topological polar surface area (TPSA) is 68.2 Å². The number of amides is 1. The number of ether oxygens (including phenoxy) is 1. The molecule has 6 heteroatoms. The highest BCUT2D eigenvalue weighted by Gasteiger charge is 2.27. The van der Waals surface area contributed by atoms with Gasteiger partial charge < -0.3 is 9.64 Å². The van der Waals surface area contributed by atoms with Crippen molar-refractivity contribution in [3.05, 3.63) is 72.4 Å². The van der Waals surface area contributed by atoms with E-state index in [1.165, 1.54) is 6.20 Å². The van der Waals surface area contributed by atoms with Crippen LogP contribution in [0.25, 0.3) is 11.3 Å². The van der Waals surface area contributed by atoms with Crippen LogP contribution in [-0.2, 0) is 0 Å². The summed E-state index contributed by atoms with van der Waals surface area (Å²) in [6.45, 7) is 1.38. The average Bonchev–Trinajstić information content (AvgIpc) is 2.79. The van der Waals surface area contributed by atoms with Gasteiger partial charge in [-0.1, -0.05) is 18.2 Å². The summed E-state index contributed by atoms with van der Waals surface area (Å²) in [7, 11) is 1.66. The molecule has 1 aliphatic rings. The summed E-state index contributed by atoms with van der Waals surface area (Å²) in [6.07, 6.45) is 6.60. The number of pyridine rings is 1. The highest BCUT2D eigenvalue weighted by molar-refractivity contribution is 5.92. The zero-order valence-corrected chi connectivity index (χ0v) is 15.8. The summed E-state index contributed by atoms with van der Waals surface area (Å²) >= 11 is 0. The van der Waals surface area contributed by atoms with Crippen molar-refractivity contribution < 1.29 is 9.53 Å². The Labute approximate surface area is 164 Å². The van der Waals surface area contributed by atoms with Gasteiger partial charge in [-0.25, -0.2) is 4.98 Å². The smallest absolute Gasteiger partial charge is 0.274 e. The van der Waals surface area contributed by atoms with Gasteiger partial charge in [0.1, 0.15) is 11.4 Å². The summed E-state index contributed by atoms with van der Waals surface area (Å²) < 4.78 is 5.32. The fourth-order valence-electron chi connectivity index (χ4n) is 3.60. The summed E-state index contributed by atoms with van der Waals surface area (Å²) in [5, 5.41) is 0. The Hall–Kier alpha value is -3.28. The van der Waals surface area contributed by atoms with Crippen LogP contribution < -0.4 is 4.74 Å². The van der Waals surface area contributed by atoms with Crippen LogP contribution in [0.5, 0.6) is 5.75 Å². The Balaban J connectivity index is 1.55. The molecule has 0 N–H and O–H groups in total. The SMILES string of the molecule is COc1cccc(-c2cccc(C3CCCN(C(=O)c4cnccn4)C3)n2)c1. The lowest BCUT2D eigenvalue weighted by Gasteiger charge is -2.32. The maximum atomic E-state index is 12.7. The zero-order chi connectivity index (χ0) is 19.3. The van der Waals surface area contributed by atoms with E-state index < -0.39 is 0 Å². The minimum absolute atomic E-state index is 0.0678. The first-order chi connectivity index (χ1) is 13.7. The average molecular weight is 374 g/mol. The van der Waals surface area contributed by atoms with E-state index in [2.05, 4.69) is 9.97 Å². The molecular formula is C22H22N4O2.